The van der Waals surface area contributed by atoms with Crippen LogP contribution < -0.4 is 5.32 Å². The maximum Gasteiger partial charge on any atom is 0.225 e. The van der Waals surface area contributed by atoms with Crippen LogP contribution in [0.25, 0.3) is 5.65 Å². The van der Waals surface area contributed by atoms with Crippen LogP contribution in [0.5, 0.6) is 0 Å². The molecule has 0 atom stereocenters. The number of nitrogens with zero attached hydrogens (tertiary/aromatic N) is 2. The van der Waals surface area contributed by atoms with Crippen LogP contribution in [0.4, 0.5) is 5.69 Å². The van der Waals surface area contributed by atoms with Gasteiger partial charge in [0, 0.05) is 30.4 Å². The second kappa shape index (κ2) is 7.46. The monoisotopic (exact) mass is 355 g/mol. The first-order valence-corrected chi connectivity index (χ1v) is 9.05. The third-order valence-corrected chi connectivity index (χ3v) is 4.89. The Bertz CT molecular complexity index is 1020. The summed E-state index contributed by atoms with van der Waals surface area (Å²) in [5.74, 6) is 0.0138. The van der Waals surface area contributed by atoms with Gasteiger partial charge in [-0.3, -0.25) is 4.79 Å². The molecule has 4 rings (SSSR count). The van der Waals surface area contributed by atoms with Crippen molar-refractivity contribution >= 4 is 17.2 Å². The SMILES string of the molecule is Cc1c(NC(=O)CC(c2ccccc2)c2ccccc2)ccc2nccn12. The Kier molecular flexibility index (Phi) is 4.71. The van der Waals surface area contributed by atoms with Gasteiger partial charge in [-0.15, -0.1) is 0 Å². The number of carbonyl (C=O) groups is 1. The van der Waals surface area contributed by atoms with Gasteiger partial charge in [-0.2, -0.15) is 0 Å². The molecule has 2 aromatic carbocycles. The Morgan fingerprint density at radius 2 is 1.59 bits per heavy atom. The van der Waals surface area contributed by atoms with Gasteiger partial charge >= 0.3 is 0 Å². The van der Waals surface area contributed by atoms with Crippen molar-refractivity contribution in [1.82, 2.24) is 9.38 Å². The zero-order chi connectivity index (χ0) is 18.6. The lowest BCUT2D eigenvalue weighted by atomic mass is 9.88. The van der Waals surface area contributed by atoms with Crippen LogP contribution in [0.2, 0.25) is 0 Å². The minimum absolute atomic E-state index is 0.00438. The molecule has 1 amide bonds. The second-order valence-electron chi connectivity index (χ2n) is 6.61. The smallest absolute Gasteiger partial charge is 0.225 e. The molecule has 2 aromatic heterocycles. The summed E-state index contributed by atoms with van der Waals surface area (Å²) >= 11 is 0. The van der Waals surface area contributed by atoms with E-state index in [1.165, 1.54) is 0 Å². The highest BCUT2D eigenvalue weighted by molar-refractivity contribution is 5.92. The average molecular weight is 355 g/mol. The first-order chi connectivity index (χ1) is 13.2. The number of hydrogen-bond acceptors (Lipinski definition) is 2. The number of amides is 1. The van der Waals surface area contributed by atoms with Crippen LogP contribution in [0, 0.1) is 6.92 Å². The first-order valence-electron chi connectivity index (χ1n) is 9.05. The Morgan fingerprint density at radius 1 is 0.963 bits per heavy atom. The van der Waals surface area contributed by atoms with Crippen molar-refractivity contribution in [2.75, 3.05) is 5.32 Å². The Labute approximate surface area is 158 Å². The molecule has 4 heteroatoms. The summed E-state index contributed by atoms with van der Waals surface area (Å²) in [6, 6.07) is 24.2. The van der Waals surface area contributed by atoms with Gasteiger partial charge in [0.1, 0.15) is 5.65 Å². The fraction of sp³-hybridized carbons (Fsp3) is 0.130. The summed E-state index contributed by atoms with van der Waals surface area (Å²) in [4.78, 5) is 17.1. The van der Waals surface area contributed by atoms with Gasteiger partial charge < -0.3 is 9.72 Å². The summed E-state index contributed by atoms with van der Waals surface area (Å²) in [5, 5.41) is 3.07. The van der Waals surface area contributed by atoms with E-state index in [1.54, 1.807) is 6.20 Å². The number of carbonyl (C=O) groups excluding carboxylic acids is 1. The van der Waals surface area contributed by atoms with Crippen molar-refractivity contribution in [3.05, 3.63) is 102 Å². The molecular formula is C23H21N3O. The molecular weight excluding hydrogens is 334 g/mol. The number of rotatable bonds is 5. The molecule has 0 aliphatic carbocycles. The number of pyridine rings is 1. The lowest BCUT2D eigenvalue weighted by molar-refractivity contribution is -0.116. The maximum absolute atomic E-state index is 12.9. The van der Waals surface area contributed by atoms with E-state index in [9.17, 15) is 4.79 Å². The molecule has 134 valence electrons. The highest BCUT2D eigenvalue weighted by atomic mass is 16.1. The lowest BCUT2D eigenvalue weighted by Crippen LogP contribution is -2.17. The van der Waals surface area contributed by atoms with Gasteiger partial charge in [0.25, 0.3) is 0 Å². The third kappa shape index (κ3) is 3.60. The average Bonchev–Trinajstić information content (AvgIpc) is 3.19. The van der Waals surface area contributed by atoms with Gasteiger partial charge in [-0.25, -0.2) is 4.98 Å². The number of anilines is 1. The molecule has 0 radical (unpaired) electrons. The molecule has 0 unspecified atom stereocenters. The first kappa shape index (κ1) is 17.0. The van der Waals surface area contributed by atoms with Gasteiger partial charge in [-0.05, 0) is 30.2 Å². The summed E-state index contributed by atoms with van der Waals surface area (Å²) in [6.45, 7) is 1.98. The van der Waals surface area contributed by atoms with E-state index < -0.39 is 0 Å². The number of aryl methyl sites for hydroxylation is 1. The number of hydrogen-bond donors (Lipinski definition) is 1. The lowest BCUT2D eigenvalue weighted by Gasteiger charge is -2.18. The van der Waals surface area contributed by atoms with Crippen molar-refractivity contribution in [1.29, 1.82) is 0 Å². The van der Waals surface area contributed by atoms with Crippen LogP contribution in [0.1, 0.15) is 29.2 Å². The predicted octanol–water partition coefficient (Wildman–Crippen LogP) is 4.80. The Morgan fingerprint density at radius 3 is 2.22 bits per heavy atom. The predicted molar refractivity (Wildman–Crippen MR) is 108 cm³/mol. The molecule has 0 bridgehead atoms. The topological polar surface area (TPSA) is 46.4 Å². The molecule has 4 nitrogen and oxygen atoms in total. The fourth-order valence-electron chi connectivity index (χ4n) is 3.45. The molecule has 4 aromatic rings. The molecule has 0 spiro atoms. The second-order valence-corrected chi connectivity index (χ2v) is 6.61. The quantitative estimate of drug-likeness (QED) is 0.559. The molecule has 0 saturated carbocycles. The van der Waals surface area contributed by atoms with E-state index in [1.807, 2.05) is 66.1 Å². The van der Waals surface area contributed by atoms with Crippen molar-refractivity contribution in [3.8, 4) is 0 Å². The molecule has 0 aliphatic heterocycles. The standard InChI is InChI=1S/C23H21N3O/c1-17-21(12-13-22-24-14-15-26(17)22)25-23(27)16-20(18-8-4-2-5-9-18)19-10-6-3-7-11-19/h2-15,20H,16H2,1H3,(H,25,27). The van der Waals surface area contributed by atoms with Crippen molar-refractivity contribution in [2.45, 2.75) is 19.3 Å². The molecule has 0 fully saturated rings. The number of aromatic nitrogens is 2. The van der Waals surface area contributed by atoms with E-state index in [0.717, 1.165) is 28.2 Å². The van der Waals surface area contributed by atoms with Crippen LogP contribution in [-0.2, 0) is 4.79 Å². The Hall–Kier alpha value is -3.40. The van der Waals surface area contributed by atoms with Gasteiger partial charge in [-0.1, -0.05) is 60.7 Å². The van der Waals surface area contributed by atoms with E-state index in [4.69, 9.17) is 0 Å². The van der Waals surface area contributed by atoms with Crippen LogP contribution >= 0.6 is 0 Å². The van der Waals surface area contributed by atoms with E-state index in [0.29, 0.717) is 6.42 Å². The van der Waals surface area contributed by atoms with Crippen LogP contribution in [-0.4, -0.2) is 15.3 Å². The minimum atomic E-state index is -0.00438. The largest absolute Gasteiger partial charge is 0.325 e. The van der Waals surface area contributed by atoms with Gasteiger partial charge in [0.15, 0.2) is 0 Å². The van der Waals surface area contributed by atoms with E-state index in [-0.39, 0.29) is 11.8 Å². The Balaban J connectivity index is 1.59. The molecule has 27 heavy (non-hydrogen) atoms. The number of nitrogens with one attached hydrogen (secondary N) is 1. The highest BCUT2D eigenvalue weighted by Gasteiger charge is 2.18. The maximum atomic E-state index is 12.9. The molecule has 0 aliphatic rings. The van der Waals surface area contributed by atoms with Gasteiger partial charge in [0.05, 0.1) is 5.69 Å². The van der Waals surface area contributed by atoms with Crippen molar-refractivity contribution < 1.29 is 4.79 Å². The van der Waals surface area contributed by atoms with Crippen molar-refractivity contribution in [2.24, 2.45) is 0 Å². The molecule has 1 N–H and O–H groups in total. The summed E-state index contributed by atoms with van der Waals surface area (Å²) in [5.41, 5.74) is 4.93. The third-order valence-electron chi connectivity index (χ3n) is 4.89. The summed E-state index contributed by atoms with van der Waals surface area (Å²) in [6.07, 6.45) is 4.04. The van der Waals surface area contributed by atoms with Gasteiger partial charge in [0.2, 0.25) is 5.91 Å². The minimum Gasteiger partial charge on any atom is -0.325 e. The zero-order valence-electron chi connectivity index (χ0n) is 15.2. The molecule has 2 heterocycles. The highest BCUT2D eigenvalue weighted by Crippen LogP contribution is 2.28. The van der Waals surface area contributed by atoms with Crippen LogP contribution in [0.15, 0.2) is 85.2 Å². The van der Waals surface area contributed by atoms with Crippen LogP contribution in [0.3, 0.4) is 0 Å². The zero-order valence-corrected chi connectivity index (χ0v) is 15.2. The van der Waals surface area contributed by atoms with Crippen molar-refractivity contribution in [3.63, 3.8) is 0 Å². The number of benzene rings is 2. The van der Waals surface area contributed by atoms with E-state index >= 15 is 0 Å². The normalized spacial score (nSPS) is 11.0. The summed E-state index contributed by atoms with van der Waals surface area (Å²) < 4.78 is 1.97. The number of fused-ring (bicyclic) bond motifs is 1. The van der Waals surface area contributed by atoms with E-state index in [2.05, 4.69) is 34.6 Å². The molecule has 0 saturated heterocycles. The fourth-order valence-corrected chi connectivity index (χ4v) is 3.45. The number of imidazole rings is 1. The summed E-state index contributed by atoms with van der Waals surface area (Å²) in [7, 11) is 0.